The Bertz CT molecular complexity index is 377. The van der Waals surface area contributed by atoms with Crippen molar-refractivity contribution in [1.29, 1.82) is 0 Å². The van der Waals surface area contributed by atoms with Crippen molar-refractivity contribution in [2.24, 2.45) is 5.73 Å². The Morgan fingerprint density at radius 3 is 2.68 bits per heavy atom. The summed E-state index contributed by atoms with van der Waals surface area (Å²) in [6, 6.07) is 6.79. The van der Waals surface area contributed by atoms with E-state index >= 15 is 0 Å². The van der Waals surface area contributed by atoms with E-state index in [1.165, 1.54) is 4.90 Å². The van der Waals surface area contributed by atoms with Gasteiger partial charge in [0.25, 0.3) is 6.43 Å². The third-order valence-electron chi connectivity index (χ3n) is 2.90. The van der Waals surface area contributed by atoms with E-state index in [1.54, 1.807) is 25.3 Å². The zero-order chi connectivity index (χ0) is 14.3. The molecule has 1 aromatic carbocycles. The molecule has 108 valence electrons. The second-order valence-corrected chi connectivity index (χ2v) is 4.14. The van der Waals surface area contributed by atoms with E-state index in [-0.39, 0.29) is 25.7 Å². The second kappa shape index (κ2) is 8.04. The normalized spacial score (nSPS) is 13.0. The molecule has 0 aromatic heterocycles. The van der Waals surface area contributed by atoms with Gasteiger partial charge in [0.05, 0.1) is 20.3 Å². The summed E-state index contributed by atoms with van der Waals surface area (Å²) in [6.07, 6.45) is -2.47. The lowest BCUT2D eigenvalue weighted by atomic mass is 10.0. The number of halogens is 2. The number of benzene rings is 1. The summed E-state index contributed by atoms with van der Waals surface area (Å²) in [5, 5.41) is 8.99. The number of rotatable bonds is 8. The van der Waals surface area contributed by atoms with Gasteiger partial charge in [-0.15, -0.1) is 0 Å². The molecule has 1 rings (SSSR count). The molecule has 0 heterocycles. The fourth-order valence-corrected chi connectivity index (χ4v) is 2.02. The van der Waals surface area contributed by atoms with Crippen molar-refractivity contribution < 1.29 is 18.6 Å². The summed E-state index contributed by atoms with van der Waals surface area (Å²) in [5.41, 5.74) is 6.50. The topological polar surface area (TPSA) is 58.7 Å². The van der Waals surface area contributed by atoms with E-state index in [0.717, 1.165) is 5.56 Å². The summed E-state index contributed by atoms with van der Waals surface area (Å²) >= 11 is 0. The number of hydrogen-bond donors (Lipinski definition) is 2. The second-order valence-electron chi connectivity index (χ2n) is 4.14. The van der Waals surface area contributed by atoms with Crippen molar-refractivity contribution >= 4 is 0 Å². The minimum Gasteiger partial charge on any atom is -0.497 e. The molecule has 0 bridgehead atoms. The lowest BCUT2D eigenvalue weighted by Gasteiger charge is -2.30. The smallest absolute Gasteiger partial charge is 0.251 e. The quantitative estimate of drug-likeness (QED) is 0.749. The molecule has 0 aliphatic carbocycles. The molecule has 0 spiro atoms. The van der Waals surface area contributed by atoms with Gasteiger partial charge in [0.15, 0.2) is 0 Å². The third kappa shape index (κ3) is 4.74. The number of ether oxygens (including phenoxy) is 1. The number of aliphatic hydroxyl groups excluding tert-OH is 1. The van der Waals surface area contributed by atoms with Gasteiger partial charge in [-0.2, -0.15) is 0 Å². The highest BCUT2D eigenvalue weighted by Gasteiger charge is 2.22. The number of hydrogen-bond acceptors (Lipinski definition) is 4. The predicted molar refractivity (Wildman–Crippen MR) is 69.5 cm³/mol. The standard InChI is InChI=1S/C13H20F2N2O2/c1-19-11-4-2-3-10(7-11)12(8-16)17(5-6-18)9-13(14)15/h2-4,7,12-13,18H,5-6,8-9,16H2,1H3. The molecule has 0 fully saturated rings. The van der Waals surface area contributed by atoms with Crippen molar-refractivity contribution in [2.45, 2.75) is 12.5 Å². The Morgan fingerprint density at radius 1 is 1.42 bits per heavy atom. The van der Waals surface area contributed by atoms with Crippen LogP contribution in [0.4, 0.5) is 8.78 Å². The third-order valence-corrected chi connectivity index (χ3v) is 2.90. The van der Waals surface area contributed by atoms with Crippen LogP contribution in [0, 0.1) is 0 Å². The highest BCUT2D eigenvalue weighted by atomic mass is 19.3. The Kier molecular flexibility index (Phi) is 6.69. The molecule has 1 aromatic rings. The van der Waals surface area contributed by atoms with Gasteiger partial charge in [-0.1, -0.05) is 12.1 Å². The number of alkyl halides is 2. The van der Waals surface area contributed by atoms with Crippen LogP contribution >= 0.6 is 0 Å². The molecular weight excluding hydrogens is 254 g/mol. The average molecular weight is 274 g/mol. The van der Waals surface area contributed by atoms with Crippen LogP contribution in [0.3, 0.4) is 0 Å². The Morgan fingerprint density at radius 2 is 2.16 bits per heavy atom. The Hall–Kier alpha value is -1.24. The van der Waals surface area contributed by atoms with Crippen molar-refractivity contribution in [3.05, 3.63) is 29.8 Å². The van der Waals surface area contributed by atoms with Gasteiger partial charge >= 0.3 is 0 Å². The molecule has 6 heteroatoms. The maximum Gasteiger partial charge on any atom is 0.251 e. The van der Waals surface area contributed by atoms with Crippen LogP contribution in [0.15, 0.2) is 24.3 Å². The van der Waals surface area contributed by atoms with E-state index < -0.39 is 13.0 Å². The highest BCUT2D eigenvalue weighted by Crippen LogP contribution is 2.24. The summed E-state index contributed by atoms with van der Waals surface area (Å²) in [5.74, 6) is 0.650. The van der Waals surface area contributed by atoms with Gasteiger partial charge in [-0.25, -0.2) is 8.78 Å². The van der Waals surface area contributed by atoms with E-state index in [1.807, 2.05) is 6.07 Å². The first-order chi connectivity index (χ1) is 9.12. The van der Waals surface area contributed by atoms with Crippen LogP contribution in [-0.4, -0.2) is 49.8 Å². The molecule has 3 N–H and O–H groups in total. The Labute approximate surface area is 111 Å². The van der Waals surface area contributed by atoms with Gasteiger partial charge in [0.2, 0.25) is 0 Å². The fraction of sp³-hybridized carbons (Fsp3) is 0.538. The van der Waals surface area contributed by atoms with Gasteiger partial charge in [0, 0.05) is 19.1 Å². The van der Waals surface area contributed by atoms with Crippen molar-refractivity contribution in [2.75, 3.05) is 33.4 Å². The van der Waals surface area contributed by atoms with Gasteiger partial charge < -0.3 is 15.6 Å². The zero-order valence-corrected chi connectivity index (χ0v) is 10.9. The van der Waals surface area contributed by atoms with E-state index in [0.29, 0.717) is 5.75 Å². The van der Waals surface area contributed by atoms with Gasteiger partial charge in [-0.3, -0.25) is 4.90 Å². The molecule has 0 saturated heterocycles. The summed E-state index contributed by atoms with van der Waals surface area (Å²) in [6.45, 7) is -0.254. The number of methoxy groups -OCH3 is 1. The molecule has 0 aliphatic rings. The summed E-state index contributed by atoms with van der Waals surface area (Å²) < 4.78 is 30.3. The Balaban J connectivity index is 2.93. The van der Waals surface area contributed by atoms with Crippen molar-refractivity contribution in [3.8, 4) is 5.75 Å². The van der Waals surface area contributed by atoms with Crippen LogP contribution in [0.1, 0.15) is 11.6 Å². The average Bonchev–Trinajstić information content (AvgIpc) is 2.39. The van der Waals surface area contributed by atoms with E-state index in [2.05, 4.69) is 0 Å². The molecule has 4 nitrogen and oxygen atoms in total. The summed E-state index contributed by atoms with van der Waals surface area (Å²) in [4.78, 5) is 1.49. The molecule has 0 saturated carbocycles. The molecule has 1 atom stereocenters. The van der Waals surface area contributed by atoms with Gasteiger partial charge in [0.1, 0.15) is 5.75 Å². The summed E-state index contributed by atoms with van der Waals surface area (Å²) in [7, 11) is 1.54. The van der Waals surface area contributed by atoms with Gasteiger partial charge in [-0.05, 0) is 17.7 Å². The number of nitrogens with two attached hydrogens (primary N) is 1. The minimum absolute atomic E-state index is 0.156. The van der Waals surface area contributed by atoms with Crippen LogP contribution < -0.4 is 10.5 Å². The number of aliphatic hydroxyl groups is 1. The molecular formula is C13H20F2N2O2. The molecule has 0 radical (unpaired) electrons. The molecule has 0 amide bonds. The van der Waals surface area contributed by atoms with Crippen molar-refractivity contribution in [3.63, 3.8) is 0 Å². The molecule has 0 aliphatic heterocycles. The first-order valence-corrected chi connectivity index (χ1v) is 6.09. The minimum atomic E-state index is -2.47. The monoisotopic (exact) mass is 274 g/mol. The SMILES string of the molecule is COc1cccc(C(CN)N(CCO)CC(F)F)c1. The van der Waals surface area contributed by atoms with Crippen LogP contribution in [0.25, 0.3) is 0 Å². The lowest BCUT2D eigenvalue weighted by molar-refractivity contribution is 0.0561. The maximum absolute atomic E-state index is 12.6. The molecule has 1 unspecified atom stereocenters. The zero-order valence-electron chi connectivity index (χ0n) is 10.9. The van der Waals surface area contributed by atoms with Crippen molar-refractivity contribution in [1.82, 2.24) is 4.90 Å². The highest BCUT2D eigenvalue weighted by molar-refractivity contribution is 5.30. The lowest BCUT2D eigenvalue weighted by Crippen LogP contribution is -2.38. The first-order valence-electron chi connectivity index (χ1n) is 6.09. The molecule has 19 heavy (non-hydrogen) atoms. The van der Waals surface area contributed by atoms with E-state index in [4.69, 9.17) is 15.6 Å². The predicted octanol–water partition coefficient (Wildman–Crippen LogP) is 1.25. The number of nitrogens with zero attached hydrogens (tertiary/aromatic N) is 1. The van der Waals surface area contributed by atoms with Crippen LogP contribution in [0.5, 0.6) is 5.75 Å². The largest absolute Gasteiger partial charge is 0.497 e. The van der Waals surface area contributed by atoms with Crippen LogP contribution in [-0.2, 0) is 0 Å². The van der Waals surface area contributed by atoms with E-state index in [9.17, 15) is 8.78 Å². The first kappa shape index (κ1) is 15.8. The maximum atomic E-state index is 12.6. The fourth-order valence-electron chi connectivity index (χ4n) is 2.02. The van der Waals surface area contributed by atoms with Crippen LogP contribution in [0.2, 0.25) is 0 Å².